The van der Waals surface area contributed by atoms with Crippen molar-refractivity contribution in [2.45, 2.75) is 56.0 Å². The van der Waals surface area contributed by atoms with Gasteiger partial charge in [0, 0.05) is 35.5 Å². The lowest BCUT2D eigenvalue weighted by Crippen LogP contribution is -2.52. The molecule has 2 unspecified atom stereocenters. The number of pyridine rings is 1. The second-order valence-electron chi connectivity index (χ2n) is 9.85. The summed E-state index contributed by atoms with van der Waals surface area (Å²) in [6.07, 6.45) is -6.25. The summed E-state index contributed by atoms with van der Waals surface area (Å²) in [5, 5.41) is 21.6. The minimum Gasteiger partial charge on any atom is -0.385 e. The number of hydrogen-bond donors (Lipinski definition) is 1. The van der Waals surface area contributed by atoms with Crippen molar-refractivity contribution in [2.75, 3.05) is 0 Å². The van der Waals surface area contributed by atoms with Gasteiger partial charge in [0.2, 0.25) is 0 Å². The maximum atomic E-state index is 14.2. The van der Waals surface area contributed by atoms with E-state index < -0.39 is 53.0 Å². The first-order valence-corrected chi connectivity index (χ1v) is 12.5. The number of halogens is 6. The van der Waals surface area contributed by atoms with Crippen molar-refractivity contribution >= 4 is 17.5 Å². The molecule has 5 nitrogen and oxygen atoms in total. The lowest BCUT2D eigenvalue weighted by atomic mass is 9.80. The van der Waals surface area contributed by atoms with Gasteiger partial charge in [-0.25, -0.2) is 13.8 Å². The molecular formula is C28H21ClF5N3O2. The molecule has 1 amide bonds. The number of hydrogen-bond acceptors (Lipinski definition) is 4. The van der Waals surface area contributed by atoms with E-state index in [1.165, 1.54) is 4.90 Å². The lowest BCUT2D eigenvalue weighted by Gasteiger charge is -2.44. The molecule has 2 aromatic carbocycles. The fourth-order valence-corrected chi connectivity index (χ4v) is 5.80. The van der Waals surface area contributed by atoms with Crippen molar-refractivity contribution in [1.82, 2.24) is 9.88 Å². The fraction of sp³-hybridized carbons (Fsp3) is 0.321. The smallest absolute Gasteiger partial charge is 0.385 e. The molecule has 0 spiro atoms. The maximum Gasteiger partial charge on any atom is 0.416 e. The van der Waals surface area contributed by atoms with Gasteiger partial charge in [0.15, 0.2) is 0 Å². The number of nitrogens with zero attached hydrogens (tertiary/aromatic N) is 3. The van der Waals surface area contributed by atoms with Crippen LogP contribution in [0, 0.1) is 11.3 Å². The van der Waals surface area contributed by atoms with Crippen LogP contribution >= 0.6 is 11.6 Å². The Hall–Kier alpha value is -3.55. The van der Waals surface area contributed by atoms with E-state index >= 15 is 0 Å². The normalized spacial score (nSPS) is 22.7. The first-order chi connectivity index (χ1) is 18.4. The van der Waals surface area contributed by atoms with E-state index in [4.69, 9.17) is 11.6 Å². The van der Waals surface area contributed by atoms with Crippen LogP contribution in [0.5, 0.6) is 0 Å². The van der Waals surface area contributed by atoms with Crippen molar-refractivity contribution < 1.29 is 31.9 Å². The van der Waals surface area contributed by atoms with Gasteiger partial charge in [0.25, 0.3) is 12.3 Å². The summed E-state index contributed by atoms with van der Waals surface area (Å²) in [4.78, 5) is 19.1. The van der Waals surface area contributed by atoms with Gasteiger partial charge in [-0.1, -0.05) is 35.9 Å². The van der Waals surface area contributed by atoms with E-state index in [1.54, 1.807) is 24.3 Å². The van der Waals surface area contributed by atoms with Crippen LogP contribution in [0.1, 0.15) is 64.9 Å². The molecule has 0 radical (unpaired) electrons. The Labute approximate surface area is 225 Å². The van der Waals surface area contributed by atoms with E-state index in [0.29, 0.717) is 23.4 Å². The van der Waals surface area contributed by atoms with Crippen molar-refractivity contribution in [3.8, 4) is 17.3 Å². The number of carbonyl (C=O) groups excluding carboxylic acids is 1. The monoisotopic (exact) mass is 561 g/mol. The minimum atomic E-state index is -4.60. The van der Waals surface area contributed by atoms with E-state index in [2.05, 4.69) is 4.98 Å². The SMILES string of the molecule is N#Cc1cc(C(=O)N2C3CCC2CC(O)(c2ccc(Cl)cc2)C3)c(C(F)F)nc1-c1ccc(C(F)(F)F)cc1. The van der Waals surface area contributed by atoms with Gasteiger partial charge in [-0.3, -0.25) is 4.79 Å². The van der Waals surface area contributed by atoms with E-state index in [1.807, 2.05) is 6.07 Å². The van der Waals surface area contributed by atoms with Gasteiger partial charge < -0.3 is 10.0 Å². The Balaban J connectivity index is 1.49. The molecule has 2 saturated heterocycles. The van der Waals surface area contributed by atoms with E-state index in [9.17, 15) is 37.1 Å². The van der Waals surface area contributed by atoms with Crippen molar-refractivity contribution in [1.29, 1.82) is 5.26 Å². The third-order valence-electron chi connectivity index (χ3n) is 7.48. The molecule has 0 saturated carbocycles. The van der Waals surface area contributed by atoms with E-state index in [-0.39, 0.29) is 29.7 Å². The molecule has 1 N–H and O–H groups in total. The van der Waals surface area contributed by atoms with Crippen molar-refractivity contribution in [2.24, 2.45) is 0 Å². The van der Waals surface area contributed by atoms with Crippen LogP contribution in [0.25, 0.3) is 11.3 Å². The Morgan fingerprint density at radius 1 is 1.08 bits per heavy atom. The zero-order valence-electron chi connectivity index (χ0n) is 20.2. The summed E-state index contributed by atoms with van der Waals surface area (Å²) in [7, 11) is 0. The zero-order valence-corrected chi connectivity index (χ0v) is 21.0. The predicted octanol–water partition coefficient (Wildman–Crippen LogP) is 6.88. The largest absolute Gasteiger partial charge is 0.416 e. The molecule has 202 valence electrons. The molecule has 1 aromatic heterocycles. The lowest BCUT2D eigenvalue weighted by molar-refractivity contribution is -0.137. The van der Waals surface area contributed by atoms with Crippen LogP contribution in [-0.4, -0.2) is 33.0 Å². The third-order valence-corrected chi connectivity index (χ3v) is 7.73. The second kappa shape index (κ2) is 9.88. The number of benzene rings is 2. The average molecular weight is 562 g/mol. The van der Waals surface area contributed by atoms with E-state index in [0.717, 1.165) is 30.3 Å². The number of aliphatic hydroxyl groups is 1. The Morgan fingerprint density at radius 2 is 1.67 bits per heavy atom. The summed E-state index contributed by atoms with van der Waals surface area (Å²) in [6, 6.07) is 12.4. The van der Waals surface area contributed by atoms with Gasteiger partial charge in [-0.05, 0) is 48.7 Å². The van der Waals surface area contributed by atoms with Crippen molar-refractivity contribution in [3.63, 3.8) is 0 Å². The molecule has 3 aromatic rings. The molecule has 2 atom stereocenters. The molecule has 39 heavy (non-hydrogen) atoms. The molecule has 3 heterocycles. The van der Waals surface area contributed by atoms with Crippen LogP contribution in [0.4, 0.5) is 22.0 Å². The van der Waals surface area contributed by atoms with Crippen LogP contribution in [0.15, 0.2) is 54.6 Å². The van der Waals surface area contributed by atoms with Crippen LogP contribution in [-0.2, 0) is 11.8 Å². The fourth-order valence-electron chi connectivity index (χ4n) is 5.68. The highest BCUT2D eigenvalue weighted by molar-refractivity contribution is 6.30. The number of amides is 1. The number of carbonyl (C=O) groups is 1. The molecule has 2 aliphatic rings. The summed E-state index contributed by atoms with van der Waals surface area (Å²) in [5.41, 5.74) is -3.23. The Kier molecular flexibility index (Phi) is 6.85. The predicted molar refractivity (Wildman–Crippen MR) is 132 cm³/mol. The number of fused-ring (bicyclic) bond motifs is 2. The highest BCUT2D eigenvalue weighted by atomic mass is 35.5. The molecule has 0 aliphatic carbocycles. The number of nitriles is 1. The number of alkyl halides is 5. The molecule has 5 rings (SSSR count). The highest BCUT2D eigenvalue weighted by Crippen LogP contribution is 2.47. The molecular weight excluding hydrogens is 541 g/mol. The summed E-state index contributed by atoms with van der Waals surface area (Å²) < 4.78 is 67.2. The summed E-state index contributed by atoms with van der Waals surface area (Å²) >= 11 is 5.97. The topological polar surface area (TPSA) is 77.2 Å². The number of rotatable bonds is 4. The average Bonchev–Trinajstić information content (AvgIpc) is 3.18. The van der Waals surface area contributed by atoms with Gasteiger partial charge in [0.1, 0.15) is 11.8 Å². The molecule has 2 bridgehead atoms. The molecule has 2 fully saturated rings. The van der Waals surface area contributed by atoms with Gasteiger partial charge in [0.05, 0.1) is 28.0 Å². The Morgan fingerprint density at radius 3 is 2.18 bits per heavy atom. The van der Waals surface area contributed by atoms with Crippen LogP contribution in [0.3, 0.4) is 0 Å². The summed E-state index contributed by atoms with van der Waals surface area (Å²) in [5.74, 6) is -0.723. The highest BCUT2D eigenvalue weighted by Gasteiger charge is 2.50. The first-order valence-electron chi connectivity index (χ1n) is 12.1. The second-order valence-corrected chi connectivity index (χ2v) is 10.3. The van der Waals surface area contributed by atoms with Crippen LogP contribution < -0.4 is 0 Å². The van der Waals surface area contributed by atoms with Crippen molar-refractivity contribution in [3.05, 3.63) is 87.6 Å². The summed E-state index contributed by atoms with van der Waals surface area (Å²) in [6.45, 7) is 0. The van der Waals surface area contributed by atoms with Gasteiger partial charge >= 0.3 is 6.18 Å². The number of aromatic nitrogens is 1. The third kappa shape index (κ3) is 4.97. The molecule has 11 heteroatoms. The Bertz CT molecular complexity index is 1440. The zero-order chi connectivity index (χ0) is 28.1. The van der Waals surface area contributed by atoms with Gasteiger partial charge in [-0.15, -0.1) is 0 Å². The number of piperidine rings is 1. The maximum absolute atomic E-state index is 14.2. The molecule has 2 aliphatic heterocycles. The van der Waals surface area contributed by atoms with Gasteiger partial charge in [-0.2, -0.15) is 18.4 Å². The minimum absolute atomic E-state index is 0.0338. The first kappa shape index (κ1) is 27.0. The standard InChI is InChI=1S/C28H21ClF5N3O2/c29-19-7-5-17(6-8-19)27(39)12-20-9-10-21(13-27)37(20)26(38)22-11-16(14-35)23(36-24(22)25(30)31)15-1-3-18(4-2-15)28(32,33)34/h1-8,11,20-21,25,39H,9-10,12-13H2. The quantitative estimate of drug-likeness (QED) is 0.352. The van der Waals surface area contributed by atoms with Crippen LogP contribution in [0.2, 0.25) is 5.02 Å².